The van der Waals surface area contributed by atoms with Crippen LogP contribution in [0.5, 0.6) is 0 Å². The molecule has 3 nitrogen and oxygen atoms in total. The second-order valence-electron chi connectivity index (χ2n) is 10.0. The summed E-state index contributed by atoms with van der Waals surface area (Å²) in [6, 6.07) is 48.7. The van der Waals surface area contributed by atoms with Gasteiger partial charge in [0.25, 0.3) is 0 Å². The fourth-order valence-corrected chi connectivity index (χ4v) is 5.73. The van der Waals surface area contributed by atoms with Gasteiger partial charge in [0.2, 0.25) is 0 Å². The molecule has 0 aliphatic heterocycles. The first-order valence-electron chi connectivity index (χ1n) is 13.5. The van der Waals surface area contributed by atoms with Crippen LogP contribution in [-0.4, -0.2) is 9.38 Å². The molecule has 8 rings (SSSR count). The molecule has 5 aromatic carbocycles. The fourth-order valence-electron chi connectivity index (χ4n) is 5.73. The number of fused-ring (bicyclic) bond motifs is 4. The average molecular weight is 513 g/mol. The van der Waals surface area contributed by atoms with E-state index in [0.29, 0.717) is 0 Å². The van der Waals surface area contributed by atoms with Crippen LogP contribution in [0.1, 0.15) is 0 Å². The van der Waals surface area contributed by atoms with Gasteiger partial charge in [0.15, 0.2) is 0 Å². The molecule has 0 N–H and O–H groups in total. The number of benzene rings is 5. The molecular formula is C37H24N2O. The van der Waals surface area contributed by atoms with Crippen molar-refractivity contribution in [1.82, 2.24) is 9.38 Å². The van der Waals surface area contributed by atoms with Crippen molar-refractivity contribution in [3.8, 4) is 44.8 Å². The number of imidazole rings is 1. The van der Waals surface area contributed by atoms with Gasteiger partial charge in [-0.3, -0.25) is 4.40 Å². The first-order valence-corrected chi connectivity index (χ1v) is 13.5. The monoisotopic (exact) mass is 512 g/mol. The normalized spacial score (nSPS) is 11.5. The Labute approximate surface area is 231 Å². The van der Waals surface area contributed by atoms with Gasteiger partial charge in [0, 0.05) is 33.7 Å². The van der Waals surface area contributed by atoms with Crippen LogP contribution in [0.15, 0.2) is 150 Å². The molecule has 0 aliphatic rings. The number of aromatic nitrogens is 2. The Hall–Kier alpha value is -5.41. The van der Waals surface area contributed by atoms with E-state index in [4.69, 9.17) is 9.40 Å². The highest BCUT2D eigenvalue weighted by atomic mass is 16.3. The van der Waals surface area contributed by atoms with E-state index in [1.165, 1.54) is 0 Å². The third kappa shape index (κ3) is 3.63. The lowest BCUT2D eigenvalue weighted by atomic mass is 9.97. The van der Waals surface area contributed by atoms with E-state index in [1.54, 1.807) is 0 Å². The van der Waals surface area contributed by atoms with Crippen molar-refractivity contribution in [1.29, 1.82) is 0 Å². The molecule has 0 saturated carbocycles. The fraction of sp³-hybridized carbons (Fsp3) is 0. The molecular weight excluding hydrogens is 488 g/mol. The number of hydrogen-bond acceptors (Lipinski definition) is 2. The maximum Gasteiger partial charge on any atom is 0.143 e. The van der Waals surface area contributed by atoms with E-state index in [2.05, 4.69) is 126 Å². The third-order valence-electron chi connectivity index (χ3n) is 7.65. The van der Waals surface area contributed by atoms with E-state index in [0.717, 1.165) is 72.4 Å². The Kier molecular flexibility index (Phi) is 5.14. The van der Waals surface area contributed by atoms with Crippen LogP contribution in [-0.2, 0) is 0 Å². The molecule has 3 heteroatoms. The van der Waals surface area contributed by atoms with E-state index in [1.807, 2.05) is 24.3 Å². The minimum absolute atomic E-state index is 0.917. The number of rotatable bonds is 4. The highest BCUT2D eigenvalue weighted by Crippen LogP contribution is 2.38. The zero-order valence-electron chi connectivity index (χ0n) is 21.7. The molecule has 0 bridgehead atoms. The molecule has 0 saturated heterocycles. The van der Waals surface area contributed by atoms with Crippen molar-refractivity contribution in [2.24, 2.45) is 0 Å². The predicted molar refractivity (Wildman–Crippen MR) is 164 cm³/mol. The maximum atomic E-state index is 6.28. The number of para-hydroxylation sites is 2. The summed E-state index contributed by atoms with van der Waals surface area (Å²) < 4.78 is 8.46. The van der Waals surface area contributed by atoms with E-state index >= 15 is 0 Å². The summed E-state index contributed by atoms with van der Waals surface area (Å²) in [5.41, 5.74) is 11.7. The summed E-state index contributed by atoms with van der Waals surface area (Å²) in [6.07, 6.45) is 2.09. The van der Waals surface area contributed by atoms with E-state index in [9.17, 15) is 0 Å². The van der Waals surface area contributed by atoms with Crippen LogP contribution < -0.4 is 0 Å². The van der Waals surface area contributed by atoms with Gasteiger partial charge in [0.1, 0.15) is 16.8 Å². The SMILES string of the molecule is c1ccc(-c2nc3ccccn3c2-c2cccc(-c3ccc(-c4cccc5c4oc4ccccc45)cc3)c2)cc1. The Balaban J connectivity index is 1.21. The minimum Gasteiger partial charge on any atom is -0.455 e. The van der Waals surface area contributed by atoms with Crippen molar-refractivity contribution < 1.29 is 4.42 Å². The largest absolute Gasteiger partial charge is 0.455 e. The molecule has 0 radical (unpaired) electrons. The average Bonchev–Trinajstić information content (AvgIpc) is 3.61. The number of furan rings is 1. The number of pyridine rings is 1. The lowest BCUT2D eigenvalue weighted by Gasteiger charge is -2.10. The van der Waals surface area contributed by atoms with Gasteiger partial charge in [-0.25, -0.2) is 4.98 Å². The summed E-state index contributed by atoms with van der Waals surface area (Å²) in [6.45, 7) is 0. The molecule has 0 unspecified atom stereocenters. The van der Waals surface area contributed by atoms with Gasteiger partial charge < -0.3 is 4.42 Å². The van der Waals surface area contributed by atoms with Gasteiger partial charge in [-0.2, -0.15) is 0 Å². The third-order valence-corrected chi connectivity index (χ3v) is 7.65. The lowest BCUT2D eigenvalue weighted by Crippen LogP contribution is -1.90. The molecule has 0 amide bonds. The maximum absolute atomic E-state index is 6.28. The number of nitrogens with zero attached hydrogens (tertiary/aromatic N) is 2. The summed E-state index contributed by atoms with van der Waals surface area (Å²) in [5.74, 6) is 0. The molecule has 0 aliphatic carbocycles. The van der Waals surface area contributed by atoms with Crippen LogP contribution >= 0.6 is 0 Å². The molecule has 0 spiro atoms. The quantitative estimate of drug-likeness (QED) is 0.235. The molecule has 0 atom stereocenters. The molecule has 3 aromatic heterocycles. The Morgan fingerprint density at radius 1 is 0.500 bits per heavy atom. The molecule has 0 fully saturated rings. The van der Waals surface area contributed by atoms with Gasteiger partial charge in [0.05, 0.1) is 11.4 Å². The second kappa shape index (κ2) is 9.11. The highest BCUT2D eigenvalue weighted by molar-refractivity contribution is 6.09. The zero-order valence-corrected chi connectivity index (χ0v) is 21.7. The van der Waals surface area contributed by atoms with Crippen LogP contribution in [0.4, 0.5) is 0 Å². The summed E-state index contributed by atoms with van der Waals surface area (Å²) in [4.78, 5) is 5.00. The highest BCUT2D eigenvalue weighted by Gasteiger charge is 2.16. The van der Waals surface area contributed by atoms with E-state index < -0.39 is 0 Å². The zero-order chi connectivity index (χ0) is 26.5. The van der Waals surface area contributed by atoms with Crippen molar-refractivity contribution >= 4 is 27.6 Å². The summed E-state index contributed by atoms with van der Waals surface area (Å²) in [7, 11) is 0. The standard InChI is InChI=1S/C37H24N2O/c1-2-10-27(11-3-1)35-36(39-23-7-6-18-34(39)38-35)29-13-8-12-28(24-29)25-19-21-26(22-20-25)30-15-9-16-32-31-14-4-5-17-33(31)40-37(30)32/h1-24H. The minimum atomic E-state index is 0.917. The van der Waals surface area contributed by atoms with Gasteiger partial charge >= 0.3 is 0 Å². The van der Waals surface area contributed by atoms with Gasteiger partial charge in [-0.05, 0) is 41.0 Å². The lowest BCUT2D eigenvalue weighted by molar-refractivity contribution is 0.670. The van der Waals surface area contributed by atoms with Crippen LogP contribution in [0.25, 0.3) is 72.4 Å². The van der Waals surface area contributed by atoms with Crippen molar-refractivity contribution in [2.75, 3.05) is 0 Å². The first kappa shape index (κ1) is 22.6. The second-order valence-corrected chi connectivity index (χ2v) is 10.0. The van der Waals surface area contributed by atoms with Crippen molar-refractivity contribution in [3.05, 3.63) is 146 Å². The van der Waals surface area contributed by atoms with Gasteiger partial charge in [-0.1, -0.05) is 115 Å². The first-order chi connectivity index (χ1) is 19.8. The molecule has 188 valence electrons. The van der Waals surface area contributed by atoms with Crippen molar-refractivity contribution in [2.45, 2.75) is 0 Å². The van der Waals surface area contributed by atoms with Crippen LogP contribution in [0, 0.1) is 0 Å². The summed E-state index contributed by atoms with van der Waals surface area (Å²) in [5, 5.41) is 2.29. The Morgan fingerprint density at radius 2 is 1.20 bits per heavy atom. The number of hydrogen-bond donors (Lipinski definition) is 0. The Bertz CT molecular complexity index is 2150. The van der Waals surface area contributed by atoms with Gasteiger partial charge in [-0.15, -0.1) is 0 Å². The van der Waals surface area contributed by atoms with Crippen molar-refractivity contribution in [3.63, 3.8) is 0 Å². The molecule has 40 heavy (non-hydrogen) atoms. The van der Waals surface area contributed by atoms with Crippen LogP contribution in [0.2, 0.25) is 0 Å². The summed E-state index contributed by atoms with van der Waals surface area (Å²) >= 11 is 0. The molecule has 8 aromatic rings. The molecule has 3 heterocycles. The van der Waals surface area contributed by atoms with Crippen LogP contribution in [0.3, 0.4) is 0 Å². The smallest absolute Gasteiger partial charge is 0.143 e. The van der Waals surface area contributed by atoms with E-state index in [-0.39, 0.29) is 0 Å². The topological polar surface area (TPSA) is 30.4 Å². The predicted octanol–water partition coefficient (Wildman–Crippen LogP) is 9.90. The Morgan fingerprint density at radius 3 is 2.10 bits per heavy atom.